The van der Waals surface area contributed by atoms with Crippen LogP contribution in [0.5, 0.6) is 0 Å². The Hall–Kier alpha value is -2.41. The van der Waals surface area contributed by atoms with Gasteiger partial charge in [0.05, 0.1) is 23.5 Å². The molecular formula is C18H19ClFN3O3. The lowest BCUT2D eigenvalue weighted by Gasteiger charge is -2.19. The summed E-state index contributed by atoms with van der Waals surface area (Å²) in [5.41, 5.74) is 0.719. The fraction of sp³-hybridized carbons (Fsp3) is 0.389. The number of aromatic nitrogens is 2. The molecule has 1 saturated carbocycles. The van der Waals surface area contributed by atoms with Gasteiger partial charge in [-0.3, -0.25) is 14.3 Å². The molecule has 1 amide bonds. The van der Waals surface area contributed by atoms with E-state index in [0.29, 0.717) is 11.3 Å². The molecule has 3 rings (SSSR count). The molecule has 2 aromatic rings. The van der Waals surface area contributed by atoms with E-state index in [9.17, 15) is 14.0 Å². The van der Waals surface area contributed by atoms with Crippen molar-refractivity contribution in [2.75, 3.05) is 0 Å². The van der Waals surface area contributed by atoms with Gasteiger partial charge in [-0.25, -0.2) is 4.39 Å². The standard InChI is InChI=1S/C18H19ClFN3O3/c19-13-6-5-11(9-14(13)20)15(10-17(24)25)22-18(26)16-7-8-21-23(16)12-3-1-2-4-12/h5-9,12,15H,1-4,10H2,(H,22,26)(H,24,25). The first-order valence-corrected chi connectivity index (χ1v) is 8.84. The maximum absolute atomic E-state index is 13.8. The van der Waals surface area contributed by atoms with Gasteiger partial charge in [0.2, 0.25) is 0 Å². The lowest BCUT2D eigenvalue weighted by atomic mass is 10.0. The molecule has 26 heavy (non-hydrogen) atoms. The third-order valence-corrected chi connectivity index (χ3v) is 4.91. The summed E-state index contributed by atoms with van der Waals surface area (Å²) in [5.74, 6) is -2.20. The van der Waals surface area contributed by atoms with Crippen molar-refractivity contribution in [2.24, 2.45) is 0 Å². The number of hydrogen-bond acceptors (Lipinski definition) is 3. The molecule has 0 bridgehead atoms. The lowest BCUT2D eigenvalue weighted by molar-refractivity contribution is -0.137. The van der Waals surface area contributed by atoms with Crippen molar-refractivity contribution in [2.45, 2.75) is 44.2 Å². The van der Waals surface area contributed by atoms with Crippen LogP contribution in [0.15, 0.2) is 30.5 Å². The van der Waals surface area contributed by atoms with Crippen LogP contribution in [-0.2, 0) is 4.79 Å². The Morgan fingerprint density at radius 3 is 2.73 bits per heavy atom. The molecule has 6 nitrogen and oxygen atoms in total. The Bertz CT molecular complexity index is 818. The summed E-state index contributed by atoms with van der Waals surface area (Å²) in [6.45, 7) is 0. The molecule has 1 aliphatic carbocycles. The third kappa shape index (κ3) is 4.04. The molecule has 1 heterocycles. The Balaban J connectivity index is 1.82. The average Bonchev–Trinajstić information content (AvgIpc) is 3.27. The Morgan fingerprint density at radius 2 is 2.08 bits per heavy atom. The van der Waals surface area contributed by atoms with Gasteiger partial charge >= 0.3 is 5.97 Å². The van der Waals surface area contributed by atoms with Crippen molar-refractivity contribution in [3.63, 3.8) is 0 Å². The van der Waals surface area contributed by atoms with E-state index in [1.165, 1.54) is 12.1 Å². The summed E-state index contributed by atoms with van der Waals surface area (Å²) in [5, 5.41) is 16.0. The number of rotatable bonds is 6. The first kappa shape index (κ1) is 18.4. The van der Waals surface area contributed by atoms with Crippen molar-refractivity contribution in [3.05, 3.63) is 52.6 Å². The lowest BCUT2D eigenvalue weighted by Crippen LogP contribution is -2.32. The number of carboxylic acid groups (broad SMARTS) is 1. The maximum Gasteiger partial charge on any atom is 0.305 e. The van der Waals surface area contributed by atoms with E-state index in [2.05, 4.69) is 10.4 Å². The molecule has 1 aromatic carbocycles. The zero-order valence-electron chi connectivity index (χ0n) is 14.0. The molecule has 1 fully saturated rings. The minimum absolute atomic E-state index is 0.0616. The van der Waals surface area contributed by atoms with Crippen LogP contribution < -0.4 is 5.32 Å². The Kier molecular flexibility index (Phi) is 5.56. The van der Waals surface area contributed by atoms with E-state index in [-0.39, 0.29) is 17.5 Å². The molecule has 0 radical (unpaired) electrons. The van der Waals surface area contributed by atoms with Crippen LogP contribution in [0.3, 0.4) is 0 Å². The van der Waals surface area contributed by atoms with Gasteiger partial charge in [-0.2, -0.15) is 5.10 Å². The second kappa shape index (κ2) is 7.86. The number of carbonyl (C=O) groups is 2. The van der Waals surface area contributed by atoms with Gasteiger partial charge in [0, 0.05) is 6.20 Å². The summed E-state index contributed by atoms with van der Waals surface area (Å²) < 4.78 is 15.4. The van der Waals surface area contributed by atoms with Crippen LogP contribution in [-0.4, -0.2) is 26.8 Å². The van der Waals surface area contributed by atoms with Gasteiger partial charge in [-0.05, 0) is 36.6 Å². The van der Waals surface area contributed by atoms with Crippen LogP contribution in [0.1, 0.15) is 60.2 Å². The molecule has 0 saturated heterocycles. The van der Waals surface area contributed by atoms with Crippen LogP contribution in [0.2, 0.25) is 5.02 Å². The van der Waals surface area contributed by atoms with E-state index in [1.54, 1.807) is 16.9 Å². The number of nitrogens with zero attached hydrogens (tertiary/aromatic N) is 2. The zero-order chi connectivity index (χ0) is 18.7. The van der Waals surface area contributed by atoms with Crippen LogP contribution >= 0.6 is 11.6 Å². The largest absolute Gasteiger partial charge is 0.481 e. The highest BCUT2D eigenvalue weighted by Crippen LogP contribution is 2.30. The number of carboxylic acids is 1. The molecule has 1 aliphatic rings. The summed E-state index contributed by atoms with van der Waals surface area (Å²) >= 11 is 5.68. The van der Waals surface area contributed by atoms with Gasteiger partial charge < -0.3 is 10.4 Å². The van der Waals surface area contributed by atoms with E-state index < -0.39 is 23.7 Å². The van der Waals surface area contributed by atoms with Gasteiger partial charge in [-0.1, -0.05) is 30.5 Å². The molecule has 138 valence electrons. The van der Waals surface area contributed by atoms with E-state index in [0.717, 1.165) is 31.7 Å². The SMILES string of the molecule is O=C(O)CC(NC(=O)c1ccnn1C1CCCC1)c1ccc(Cl)c(F)c1. The predicted octanol–water partition coefficient (Wildman–Crippen LogP) is 3.74. The highest BCUT2D eigenvalue weighted by atomic mass is 35.5. The number of halogens is 2. The fourth-order valence-corrected chi connectivity index (χ4v) is 3.44. The number of amides is 1. The predicted molar refractivity (Wildman–Crippen MR) is 93.6 cm³/mol. The number of aliphatic carboxylic acids is 1. The molecule has 1 aromatic heterocycles. The van der Waals surface area contributed by atoms with Gasteiger partial charge in [0.25, 0.3) is 5.91 Å². The first-order valence-electron chi connectivity index (χ1n) is 8.47. The number of hydrogen-bond donors (Lipinski definition) is 2. The monoisotopic (exact) mass is 379 g/mol. The molecule has 8 heteroatoms. The fourth-order valence-electron chi connectivity index (χ4n) is 3.32. The second-order valence-electron chi connectivity index (χ2n) is 6.40. The minimum atomic E-state index is -1.10. The van der Waals surface area contributed by atoms with E-state index >= 15 is 0 Å². The van der Waals surface area contributed by atoms with Crippen molar-refractivity contribution in [1.29, 1.82) is 0 Å². The number of carbonyl (C=O) groups excluding carboxylic acids is 1. The third-order valence-electron chi connectivity index (χ3n) is 4.60. The summed E-state index contributed by atoms with van der Waals surface area (Å²) in [4.78, 5) is 23.9. The summed E-state index contributed by atoms with van der Waals surface area (Å²) in [7, 11) is 0. The summed E-state index contributed by atoms with van der Waals surface area (Å²) in [6.07, 6.45) is 5.30. The molecule has 0 spiro atoms. The van der Waals surface area contributed by atoms with Crippen LogP contribution in [0, 0.1) is 5.82 Å². The Labute approximate surface area is 155 Å². The normalized spacial score (nSPS) is 15.8. The highest BCUT2D eigenvalue weighted by molar-refractivity contribution is 6.30. The summed E-state index contributed by atoms with van der Waals surface area (Å²) in [6, 6.07) is 4.90. The minimum Gasteiger partial charge on any atom is -0.481 e. The van der Waals surface area contributed by atoms with Gasteiger partial charge in [0.15, 0.2) is 0 Å². The van der Waals surface area contributed by atoms with Crippen LogP contribution in [0.4, 0.5) is 4.39 Å². The van der Waals surface area contributed by atoms with Crippen LogP contribution in [0.25, 0.3) is 0 Å². The van der Waals surface area contributed by atoms with E-state index in [1.807, 2.05) is 0 Å². The second-order valence-corrected chi connectivity index (χ2v) is 6.80. The zero-order valence-corrected chi connectivity index (χ0v) is 14.7. The number of benzene rings is 1. The van der Waals surface area contributed by atoms with Crippen molar-refractivity contribution in [3.8, 4) is 0 Å². The molecule has 1 atom stereocenters. The quantitative estimate of drug-likeness (QED) is 0.800. The van der Waals surface area contributed by atoms with Crippen molar-refractivity contribution in [1.82, 2.24) is 15.1 Å². The van der Waals surface area contributed by atoms with Crippen molar-refractivity contribution < 1.29 is 19.1 Å². The molecular weight excluding hydrogens is 361 g/mol. The van der Waals surface area contributed by atoms with E-state index in [4.69, 9.17) is 16.7 Å². The topological polar surface area (TPSA) is 84.2 Å². The number of nitrogens with one attached hydrogen (secondary N) is 1. The molecule has 0 aliphatic heterocycles. The highest BCUT2D eigenvalue weighted by Gasteiger charge is 2.25. The van der Waals surface area contributed by atoms with Crippen molar-refractivity contribution >= 4 is 23.5 Å². The molecule has 1 unspecified atom stereocenters. The average molecular weight is 380 g/mol. The molecule has 2 N–H and O–H groups in total. The van der Waals surface area contributed by atoms with Gasteiger partial charge in [0.1, 0.15) is 11.5 Å². The van der Waals surface area contributed by atoms with Gasteiger partial charge in [-0.15, -0.1) is 0 Å². The first-order chi connectivity index (χ1) is 12.5. The maximum atomic E-state index is 13.8. The Morgan fingerprint density at radius 1 is 1.35 bits per heavy atom. The smallest absolute Gasteiger partial charge is 0.305 e.